The van der Waals surface area contributed by atoms with Crippen molar-refractivity contribution in [1.82, 2.24) is 5.32 Å². The lowest BCUT2D eigenvalue weighted by Gasteiger charge is -2.07. The molecule has 1 N–H and O–H groups in total. The Morgan fingerprint density at radius 2 is 1.55 bits per heavy atom. The van der Waals surface area contributed by atoms with Gasteiger partial charge in [-0.05, 0) is 61.0 Å². The van der Waals surface area contributed by atoms with Crippen LogP contribution in [0.25, 0.3) is 11.3 Å². The lowest BCUT2D eigenvalue weighted by atomic mass is 10.0. The number of benzene rings is 2. The minimum atomic E-state index is -0.559. The first-order valence-electron chi connectivity index (χ1n) is 9.36. The minimum absolute atomic E-state index is 0. The van der Waals surface area contributed by atoms with E-state index in [1.54, 1.807) is 30.3 Å². The van der Waals surface area contributed by atoms with E-state index in [1.807, 2.05) is 6.07 Å². The maximum absolute atomic E-state index is 12.9. The fourth-order valence-corrected chi connectivity index (χ4v) is 2.96. The number of carbonyl (C=O) groups excluding carboxylic acids is 2. The quantitative estimate of drug-likeness (QED) is 0.407. The first-order valence-corrected chi connectivity index (χ1v) is 9.36. The van der Waals surface area contributed by atoms with E-state index >= 15 is 0 Å². The molecule has 0 atom stereocenters. The molecule has 0 unspecified atom stereocenters. The minimum Gasteiger partial charge on any atom is -0.465 e. The van der Waals surface area contributed by atoms with Crippen LogP contribution < -0.4 is 5.32 Å². The molecule has 31 heavy (non-hydrogen) atoms. The number of esters is 2. The van der Waals surface area contributed by atoms with Gasteiger partial charge in [0, 0.05) is 5.56 Å². The van der Waals surface area contributed by atoms with Crippen molar-refractivity contribution in [2.75, 3.05) is 20.8 Å². The summed E-state index contributed by atoms with van der Waals surface area (Å²) < 4.78 is 28.3. The van der Waals surface area contributed by atoms with Gasteiger partial charge in [0.1, 0.15) is 17.3 Å². The van der Waals surface area contributed by atoms with Crippen LogP contribution in [0.15, 0.2) is 59.0 Å². The largest absolute Gasteiger partial charge is 0.465 e. The summed E-state index contributed by atoms with van der Waals surface area (Å²) in [5, 5.41) is 3.27. The molecule has 8 heteroatoms. The zero-order valence-corrected chi connectivity index (χ0v) is 18.0. The molecule has 0 bridgehead atoms. The second-order valence-electron chi connectivity index (χ2n) is 6.60. The van der Waals surface area contributed by atoms with Crippen molar-refractivity contribution in [1.29, 1.82) is 0 Å². The SMILES string of the molecule is COC(=O)c1cc(C(=O)OC)cc(-c2ccc(CNCCc3ccc(F)cc3)o2)c1.Cl. The number of nitrogens with one attached hydrogen (secondary N) is 1. The van der Waals surface area contributed by atoms with Gasteiger partial charge in [0.2, 0.25) is 0 Å². The molecule has 3 rings (SSSR count). The van der Waals surface area contributed by atoms with Crippen LogP contribution in [0.4, 0.5) is 4.39 Å². The Balaban J connectivity index is 0.00000341. The average molecular weight is 448 g/mol. The Morgan fingerprint density at radius 1 is 0.935 bits per heavy atom. The first kappa shape index (κ1) is 24.1. The molecule has 1 heterocycles. The van der Waals surface area contributed by atoms with Gasteiger partial charge in [-0.2, -0.15) is 0 Å². The van der Waals surface area contributed by atoms with Crippen molar-refractivity contribution in [2.45, 2.75) is 13.0 Å². The lowest BCUT2D eigenvalue weighted by molar-refractivity contribution is 0.0599. The number of carbonyl (C=O) groups is 2. The van der Waals surface area contributed by atoms with E-state index in [2.05, 4.69) is 5.32 Å². The molecule has 0 aliphatic carbocycles. The number of hydrogen-bond donors (Lipinski definition) is 1. The van der Waals surface area contributed by atoms with E-state index in [9.17, 15) is 14.0 Å². The van der Waals surface area contributed by atoms with Gasteiger partial charge in [0.15, 0.2) is 0 Å². The van der Waals surface area contributed by atoms with Crippen LogP contribution in [0.3, 0.4) is 0 Å². The molecule has 0 radical (unpaired) electrons. The summed E-state index contributed by atoms with van der Waals surface area (Å²) in [5.41, 5.74) is 2.06. The molecular formula is C23H23ClFNO5. The van der Waals surface area contributed by atoms with Crippen LogP contribution >= 0.6 is 12.4 Å². The molecule has 1 aromatic heterocycles. The predicted octanol–water partition coefficient (Wildman–Crippen LogP) is 4.41. The van der Waals surface area contributed by atoms with Gasteiger partial charge in [-0.1, -0.05) is 12.1 Å². The lowest BCUT2D eigenvalue weighted by Crippen LogP contribution is -2.16. The van der Waals surface area contributed by atoms with Gasteiger partial charge in [0.25, 0.3) is 0 Å². The second-order valence-corrected chi connectivity index (χ2v) is 6.60. The van der Waals surface area contributed by atoms with Gasteiger partial charge in [-0.25, -0.2) is 14.0 Å². The van der Waals surface area contributed by atoms with Crippen molar-refractivity contribution in [3.05, 3.63) is 82.9 Å². The Morgan fingerprint density at radius 3 is 2.13 bits per heavy atom. The molecule has 0 aliphatic rings. The van der Waals surface area contributed by atoms with Gasteiger partial charge in [-0.15, -0.1) is 12.4 Å². The van der Waals surface area contributed by atoms with Crippen molar-refractivity contribution in [2.24, 2.45) is 0 Å². The molecule has 6 nitrogen and oxygen atoms in total. The number of hydrogen-bond acceptors (Lipinski definition) is 6. The van der Waals surface area contributed by atoms with E-state index in [4.69, 9.17) is 13.9 Å². The predicted molar refractivity (Wildman–Crippen MR) is 116 cm³/mol. The summed E-state index contributed by atoms with van der Waals surface area (Å²) in [7, 11) is 2.55. The zero-order valence-electron chi connectivity index (χ0n) is 17.1. The van der Waals surface area contributed by atoms with E-state index in [0.717, 1.165) is 12.0 Å². The number of rotatable bonds is 8. The van der Waals surface area contributed by atoms with Crippen molar-refractivity contribution < 1.29 is 27.9 Å². The van der Waals surface area contributed by atoms with Crippen LogP contribution in [0.5, 0.6) is 0 Å². The monoisotopic (exact) mass is 447 g/mol. The highest BCUT2D eigenvalue weighted by molar-refractivity contribution is 5.97. The third-order valence-electron chi connectivity index (χ3n) is 4.52. The summed E-state index contributed by atoms with van der Waals surface area (Å²) in [6.45, 7) is 1.20. The average Bonchev–Trinajstić information content (AvgIpc) is 3.25. The van der Waals surface area contributed by atoms with Crippen molar-refractivity contribution in [3.63, 3.8) is 0 Å². The number of ether oxygens (including phenoxy) is 2. The molecule has 0 spiro atoms. The molecule has 0 fully saturated rings. The Labute approximate surface area is 185 Å². The third kappa shape index (κ3) is 6.41. The second kappa shape index (κ2) is 11.3. The van der Waals surface area contributed by atoms with Crippen LogP contribution in [0.2, 0.25) is 0 Å². The Hall–Kier alpha value is -3.16. The molecule has 3 aromatic rings. The fourth-order valence-electron chi connectivity index (χ4n) is 2.96. The van der Waals surface area contributed by atoms with Gasteiger partial charge < -0.3 is 19.2 Å². The molecule has 0 aliphatic heterocycles. The zero-order chi connectivity index (χ0) is 21.5. The summed E-state index contributed by atoms with van der Waals surface area (Å²) >= 11 is 0. The summed E-state index contributed by atoms with van der Waals surface area (Å²) in [4.78, 5) is 23.9. The van der Waals surface area contributed by atoms with Crippen molar-refractivity contribution in [3.8, 4) is 11.3 Å². The van der Waals surface area contributed by atoms with Gasteiger partial charge >= 0.3 is 11.9 Å². The van der Waals surface area contributed by atoms with Crippen LogP contribution in [0.1, 0.15) is 32.0 Å². The number of furan rings is 1. The summed E-state index contributed by atoms with van der Waals surface area (Å²) in [5.74, 6) is -0.151. The standard InChI is InChI=1S/C23H22FNO5.ClH/c1-28-22(26)17-11-16(12-18(13-17)23(27)29-2)21-8-7-20(30-21)14-25-10-9-15-3-5-19(24)6-4-15;/h3-8,11-13,25H,9-10,14H2,1-2H3;1H. The maximum Gasteiger partial charge on any atom is 0.337 e. The Bertz CT molecular complexity index is 998. The van der Waals surface area contributed by atoms with E-state index in [1.165, 1.54) is 32.4 Å². The molecular weight excluding hydrogens is 425 g/mol. The topological polar surface area (TPSA) is 77.8 Å². The van der Waals surface area contributed by atoms with E-state index < -0.39 is 11.9 Å². The molecule has 0 amide bonds. The normalized spacial score (nSPS) is 10.3. The highest BCUT2D eigenvalue weighted by Gasteiger charge is 2.16. The molecule has 164 valence electrons. The fraction of sp³-hybridized carbons (Fsp3) is 0.217. The van der Waals surface area contributed by atoms with E-state index in [-0.39, 0.29) is 29.4 Å². The summed E-state index contributed by atoms with van der Waals surface area (Å²) in [6.07, 6.45) is 0.761. The maximum atomic E-state index is 12.9. The van der Waals surface area contributed by atoms with Gasteiger partial charge in [-0.3, -0.25) is 0 Å². The van der Waals surface area contributed by atoms with Gasteiger partial charge in [0.05, 0.1) is 31.9 Å². The molecule has 0 saturated heterocycles. The highest BCUT2D eigenvalue weighted by atomic mass is 35.5. The highest BCUT2D eigenvalue weighted by Crippen LogP contribution is 2.25. The number of halogens is 2. The summed E-state index contributed by atoms with van der Waals surface area (Å²) in [6, 6.07) is 14.6. The molecule has 0 saturated carbocycles. The van der Waals surface area contributed by atoms with Crippen LogP contribution in [-0.2, 0) is 22.4 Å². The number of methoxy groups -OCH3 is 2. The van der Waals surface area contributed by atoms with E-state index in [0.29, 0.717) is 30.2 Å². The van der Waals surface area contributed by atoms with Crippen LogP contribution in [-0.4, -0.2) is 32.7 Å². The molecule has 2 aromatic carbocycles. The third-order valence-corrected chi connectivity index (χ3v) is 4.52. The first-order chi connectivity index (χ1) is 14.5. The van der Waals surface area contributed by atoms with Crippen LogP contribution in [0, 0.1) is 5.82 Å². The van der Waals surface area contributed by atoms with Crippen molar-refractivity contribution >= 4 is 24.3 Å². The Kier molecular flexibility index (Phi) is 8.78. The smallest absolute Gasteiger partial charge is 0.337 e.